The van der Waals surface area contributed by atoms with Gasteiger partial charge in [0.1, 0.15) is 11.9 Å². The molecule has 2 rings (SSSR count). The maximum absolute atomic E-state index is 11.8. The molecule has 2 aromatic rings. The number of rotatable bonds is 6. The summed E-state index contributed by atoms with van der Waals surface area (Å²) >= 11 is 0. The number of anilines is 1. The first-order valence-electron chi connectivity index (χ1n) is 7.19. The average Bonchev–Trinajstić information content (AvgIpc) is 2.74. The summed E-state index contributed by atoms with van der Waals surface area (Å²) in [5, 5.41) is 7.69. The summed E-state index contributed by atoms with van der Waals surface area (Å²) in [6.45, 7) is 2.49. The lowest BCUT2D eigenvalue weighted by molar-refractivity contribution is -0.120. The van der Waals surface area contributed by atoms with Gasteiger partial charge in [-0.2, -0.15) is 5.10 Å². The van der Waals surface area contributed by atoms with E-state index >= 15 is 0 Å². The lowest BCUT2D eigenvalue weighted by Crippen LogP contribution is -2.33. The summed E-state index contributed by atoms with van der Waals surface area (Å²) in [6, 6.07) is 8.98. The lowest BCUT2D eigenvalue weighted by Gasteiger charge is -2.19. The number of hydrogen-bond acceptors (Lipinski definition) is 4. The third kappa shape index (κ3) is 3.28. The van der Waals surface area contributed by atoms with E-state index in [0.29, 0.717) is 6.54 Å². The van der Waals surface area contributed by atoms with Crippen molar-refractivity contribution in [1.29, 1.82) is 0 Å². The molecule has 0 aliphatic heterocycles. The van der Waals surface area contributed by atoms with Gasteiger partial charge < -0.3 is 10.6 Å². The topological polar surface area (TPSA) is 76.2 Å². The summed E-state index contributed by atoms with van der Waals surface area (Å²) in [4.78, 5) is 13.8. The van der Waals surface area contributed by atoms with Gasteiger partial charge in [0.05, 0.1) is 5.69 Å². The van der Waals surface area contributed by atoms with Crippen molar-refractivity contribution in [1.82, 2.24) is 15.1 Å². The zero-order valence-corrected chi connectivity index (χ0v) is 13.5. The predicted octanol–water partition coefficient (Wildman–Crippen LogP) is 1.11. The molecule has 6 heteroatoms. The molecule has 6 nitrogen and oxygen atoms in total. The molecule has 0 unspecified atom stereocenters. The molecule has 1 amide bonds. The average molecular weight is 301 g/mol. The van der Waals surface area contributed by atoms with Gasteiger partial charge in [-0.1, -0.05) is 30.3 Å². The Kier molecular flexibility index (Phi) is 4.82. The summed E-state index contributed by atoms with van der Waals surface area (Å²) < 4.78 is 1.84. The Morgan fingerprint density at radius 3 is 2.55 bits per heavy atom. The minimum Gasteiger partial charge on any atom is -0.368 e. The van der Waals surface area contributed by atoms with Crippen molar-refractivity contribution in [2.24, 2.45) is 12.8 Å². The van der Waals surface area contributed by atoms with E-state index in [1.165, 1.54) is 0 Å². The Balaban J connectivity index is 2.23. The van der Waals surface area contributed by atoms with E-state index in [9.17, 15) is 4.79 Å². The fraction of sp³-hybridized carbons (Fsp3) is 0.375. The number of carbonyl (C=O) groups is 1. The highest BCUT2D eigenvalue weighted by atomic mass is 16.1. The molecule has 1 heterocycles. The number of primary amides is 1. The maximum Gasteiger partial charge on any atom is 0.239 e. The van der Waals surface area contributed by atoms with Gasteiger partial charge in [-0.15, -0.1) is 0 Å². The SMILES string of the molecule is Cc1nn(C)c(N(C)C)c1CN[C@@H](C(N)=O)c1ccccc1. The van der Waals surface area contributed by atoms with Crippen LogP contribution < -0.4 is 16.0 Å². The second-order valence-electron chi connectivity index (χ2n) is 5.53. The molecular formula is C16H23N5O. The van der Waals surface area contributed by atoms with E-state index < -0.39 is 6.04 Å². The molecule has 22 heavy (non-hydrogen) atoms. The van der Waals surface area contributed by atoms with E-state index in [1.54, 1.807) is 0 Å². The Bertz CT molecular complexity index is 648. The summed E-state index contributed by atoms with van der Waals surface area (Å²) in [6.07, 6.45) is 0. The molecule has 1 aromatic carbocycles. The van der Waals surface area contributed by atoms with Gasteiger partial charge in [-0.05, 0) is 12.5 Å². The minimum absolute atomic E-state index is 0.390. The molecule has 0 bridgehead atoms. The number of nitrogens with zero attached hydrogens (tertiary/aromatic N) is 3. The van der Waals surface area contributed by atoms with Crippen molar-refractivity contribution in [3.63, 3.8) is 0 Å². The molecule has 0 fully saturated rings. The highest BCUT2D eigenvalue weighted by Gasteiger charge is 2.20. The van der Waals surface area contributed by atoms with Gasteiger partial charge >= 0.3 is 0 Å². The Morgan fingerprint density at radius 1 is 1.36 bits per heavy atom. The lowest BCUT2D eigenvalue weighted by atomic mass is 10.1. The van der Waals surface area contributed by atoms with Crippen molar-refractivity contribution in [2.75, 3.05) is 19.0 Å². The third-order valence-electron chi connectivity index (χ3n) is 3.64. The third-order valence-corrected chi connectivity index (χ3v) is 3.64. The molecule has 0 aliphatic carbocycles. The number of hydrogen-bond donors (Lipinski definition) is 2. The zero-order valence-electron chi connectivity index (χ0n) is 13.5. The minimum atomic E-state index is -0.518. The molecule has 3 N–H and O–H groups in total. The van der Waals surface area contributed by atoms with E-state index in [0.717, 1.165) is 22.6 Å². The predicted molar refractivity (Wildman–Crippen MR) is 87.5 cm³/mol. The first kappa shape index (κ1) is 16.0. The highest BCUT2D eigenvalue weighted by Crippen LogP contribution is 2.22. The maximum atomic E-state index is 11.8. The molecular weight excluding hydrogens is 278 g/mol. The number of aromatic nitrogens is 2. The second kappa shape index (κ2) is 6.62. The molecule has 0 aliphatic rings. The number of nitrogens with one attached hydrogen (secondary N) is 1. The first-order valence-corrected chi connectivity index (χ1v) is 7.19. The standard InChI is InChI=1S/C16H23N5O/c1-11-13(16(20(2)3)21(4)19-11)10-18-14(15(17)22)12-8-6-5-7-9-12/h5-9,14,18H,10H2,1-4H3,(H2,17,22)/t14-/m1/s1. The largest absolute Gasteiger partial charge is 0.368 e. The number of carbonyl (C=O) groups excluding carboxylic acids is 1. The zero-order chi connectivity index (χ0) is 16.3. The molecule has 118 valence electrons. The van der Waals surface area contributed by atoms with Gasteiger partial charge in [0.25, 0.3) is 0 Å². The monoisotopic (exact) mass is 301 g/mol. The number of nitrogens with two attached hydrogens (primary N) is 1. The number of amides is 1. The van der Waals surface area contributed by atoms with Crippen LogP contribution in [-0.2, 0) is 18.4 Å². The smallest absolute Gasteiger partial charge is 0.239 e. The van der Waals surface area contributed by atoms with Crippen LogP contribution in [0.3, 0.4) is 0 Å². The first-order chi connectivity index (χ1) is 10.4. The van der Waals surface area contributed by atoms with Crippen molar-refractivity contribution < 1.29 is 4.79 Å². The van der Waals surface area contributed by atoms with Gasteiger partial charge in [0.2, 0.25) is 5.91 Å². The van der Waals surface area contributed by atoms with Crippen LogP contribution in [-0.4, -0.2) is 29.8 Å². The summed E-state index contributed by atoms with van der Waals surface area (Å²) in [5.41, 5.74) is 8.41. The van der Waals surface area contributed by atoms with Crippen molar-refractivity contribution >= 4 is 11.7 Å². The molecule has 1 aromatic heterocycles. The van der Waals surface area contributed by atoms with Crippen LogP contribution in [0.5, 0.6) is 0 Å². The molecule has 0 saturated carbocycles. The second-order valence-corrected chi connectivity index (χ2v) is 5.53. The highest BCUT2D eigenvalue weighted by molar-refractivity contribution is 5.81. The van der Waals surface area contributed by atoms with Crippen LogP contribution in [0.15, 0.2) is 30.3 Å². The normalized spacial score (nSPS) is 12.2. The number of benzene rings is 1. The van der Waals surface area contributed by atoms with Crippen LogP contribution >= 0.6 is 0 Å². The van der Waals surface area contributed by atoms with Crippen LogP contribution in [0.2, 0.25) is 0 Å². The van der Waals surface area contributed by atoms with E-state index in [4.69, 9.17) is 5.73 Å². The Labute approximate surface area is 130 Å². The van der Waals surface area contributed by atoms with Crippen molar-refractivity contribution in [3.8, 4) is 0 Å². The molecule has 0 radical (unpaired) electrons. The van der Waals surface area contributed by atoms with Gasteiger partial charge in [-0.25, -0.2) is 0 Å². The number of aryl methyl sites for hydroxylation is 2. The molecule has 1 atom stereocenters. The van der Waals surface area contributed by atoms with Gasteiger partial charge in [0.15, 0.2) is 0 Å². The van der Waals surface area contributed by atoms with Gasteiger partial charge in [-0.3, -0.25) is 14.8 Å². The van der Waals surface area contributed by atoms with Crippen LogP contribution in [0.1, 0.15) is 22.9 Å². The van der Waals surface area contributed by atoms with Gasteiger partial charge in [0, 0.05) is 33.3 Å². The summed E-state index contributed by atoms with van der Waals surface area (Å²) in [7, 11) is 5.86. The van der Waals surface area contributed by atoms with Crippen LogP contribution in [0, 0.1) is 6.92 Å². The Hall–Kier alpha value is -2.34. The molecule has 0 saturated heterocycles. The fourth-order valence-electron chi connectivity index (χ4n) is 2.69. The fourth-order valence-corrected chi connectivity index (χ4v) is 2.69. The van der Waals surface area contributed by atoms with E-state index in [2.05, 4.69) is 10.4 Å². The Morgan fingerprint density at radius 2 is 2.00 bits per heavy atom. The van der Waals surface area contributed by atoms with Crippen molar-refractivity contribution in [2.45, 2.75) is 19.5 Å². The molecule has 0 spiro atoms. The van der Waals surface area contributed by atoms with E-state index in [-0.39, 0.29) is 5.91 Å². The van der Waals surface area contributed by atoms with E-state index in [1.807, 2.05) is 68.0 Å². The van der Waals surface area contributed by atoms with Crippen molar-refractivity contribution in [3.05, 3.63) is 47.2 Å². The quantitative estimate of drug-likeness (QED) is 0.838. The summed E-state index contributed by atoms with van der Waals surface area (Å²) in [5.74, 6) is 0.625. The van der Waals surface area contributed by atoms with Crippen LogP contribution in [0.4, 0.5) is 5.82 Å². The van der Waals surface area contributed by atoms with Crippen LogP contribution in [0.25, 0.3) is 0 Å².